The number of rotatable bonds is 3. The molecule has 1 amide bonds. The Morgan fingerprint density at radius 3 is 2.82 bits per heavy atom. The maximum atomic E-state index is 12.2. The van der Waals surface area contributed by atoms with E-state index in [1.54, 1.807) is 12.3 Å². The number of hydrogen-bond acceptors (Lipinski definition) is 4. The van der Waals surface area contributed by atoms with Crippen molar-refractivity contribution in [2.75, 3.05) is 25.1 Å². The molecule has 0 aromatic carbocycles. The first-order valence-electron chi connectivity index (χ1n) is 5.77. The van der Waals surface area contributed by atoms with Gasteiger partial charge in [0.05, 0.1) is 5.41 Å². The van der Waals surface area contributed by atoms with Gasteiger partial charge in [-0.3, -0.25) is 4.79 Å². The van der Waals surface area contributed by atoms with Crippen LogP contribution in [0.1, 0.15) is 12.8 Å². The summed E-state index contributed by atoms with van der Waals surface area (Å²) in [5, 5.41) is 2.82. The Hall–Kier alpha value is -1.46. The number of nitrogens with two attached hydrogens (primary N) is 1. The Morgan fingerprint density at radius 2 is 2.24 bits per heavy atom. The SMILES string of the molecule is NCC1(C(=O)Nc2ccccn2)CCOCC1. The molecule has 0 saturated carbocycles. The molecular weight excluding hydrogens is 218 g/mol. The summed E-state index contributed by atoms with van der Waals surface area (Å²) in [6.45, 7) is 1.52. The summed E-state index contributed by atoms with van der Waals surface area (Å²) in [5.41, 5.74) is 5.25. The Labute approximate surface area is 100 Å². The van der Waals surface area contributed by atoms with Gasteiger partial charge in [-0.1, -0.05) is 6.07 Å². The first-order chi connectivity index (χ1) is 8.27. The normalized spacial score (nSPS) is 18.6. The Kier molecular flexibility index (Phi) is 3.71. The Morgan fingerprint density at radius 1 is 1.47 bits per heavy atom. The fourth-order valence-electron chi connectivity index (χ4n) is 1.97. The Balaban J connectivity index is 2.07. The van der Waals surface area contributed by atoms with Gasteiger partial charge in [0.2, 0.25) is 5.91 Å². The number of amides is 1. The first kappa shape index (κ1) is 12.0. The number of nitrogens with zero attached hydrogens (tertiary/aromatic N) is 1. The van der Waals surface area contributed by atoms with E-state index in [0.717, 1.165) is 0 Å². The van der Waals surface area contributed by atoms with Crippen LogP contribution in [0.5, 0.6) is 0 Å². The van der Waals surface area contributed by atoms with Crippen molar-refractivity contribution < 1.29 is 9.53 Å². The average molecular weight is 235 g/mol. The molecule has 0 radical (unpaired) electrons. The van der Waals surface area contributed by atoms with Crippen molar-refractivity contribution in [3.8, 4) is 0 Å². The van der Waals surface area contributed by atoms with Gasteiger partial charge in [0.1, 0.15) is 5.82 Å². The van der Waals surface area contributed by atoms with Crippen molar-refractivity contribution in [3.05, 3.63) is 24.4 Å². The molecule has 1 fully saturated rings. The highest BCUT2D eigenvalue weighted by molar-refractivity contribution is 5.94. The predicted molar refractivity (Wildman–Crippen MR) is 64.4 cm³/mol. The molecule has 5 heteroatoms. The zero-order valence-corrected chi connectivity index (χ0v) is 9.69. The first-order valence-corrected chi connectivity index (χ1v) is 5.77. The number of nitrogens with one attached hydrogen (secondary N) is 1. The van der Waals surface area contributed by atoms with E-state index >= 15 is 0 Å². The van der Waals surface area contributed by atoms with E-state index in [4.69, 9.17) is 10.5 Å². The van der Waals surface area contributed by atoms with Crippen molar-refractivity contribution in [1.29, 1.82) is 0 Å². The summed E-state index contributed by atoms with van der Waals surface area (Å²) >= 11 is 0. The third-order valence-corrected chi connectivity index (χ3v) is 3.23. The molecule has 1 saturated heterocycles. The minimum absolute atomic E-state index is 0.0537. The van der Waals surface area contributed by atoms with E-state index in [0.29, 0.717) is 38.4 Å². The molecule has 1 aliphatic rings. The summed E-state index contributed by atoms with van der Waals surface area (Å²) in [5.74, 6) is 0.513. The lowest BCUT2D eigenvalue weighted by Crippen LogP contribution is -2.46. The Bertz CT molecular complexity index is 375. The minimum atomic E-state index is -0.504. The van der Waals surface area contributed by atoms with Crippen molar-refractivity contribution in [3.63, 3.8) is 0 Å². The quantitative estimate of drug-likeness (QED) is 0.811. The largest absolute Gasteiger partial charge is 0.381 e. The second kappa shape index (κ2) is 5.25. The van der Waals surface area contributed by atoms with Crippen molar-refractivity contribution >= 4 is 11.7 Å². The van der Waals surface area contributed by atoms with Crippen LogP contribution in [0, 0.1) is 5.41 Å². The molecule has 1 aromatic rings. The fourth-order valence-corrected chi connectivity index (χ4v) is 1.97. The summed E-state index contributed by atoms with van der Waals surface area (Å²) in [7, 11) is 0. The van der Waals surface area contributed by atoms with Crippen LogP contribution in [0.15, 0.2) is 24.4 Å². The summed E-state index contributed by atoms with van der Waals surface area (Å²) < 4.78 is 5.28. The van der Waals surface area contributed by atoms with E-state index in [-0.39, 0.29) is 5.91 Å². The van der Waals surface area contributed by atoms with Gasteiger partial charge in [0.15, 0.2) is 0 Å². The lowest BCUT2D eigenvalue weighted by atomic mass is 9.79. The van der Waals surface area contributed by atoms with Crippen LogP contribution in [0.4, 0.5) is 5.82 Å². The van der Waals surface area contributed by atoms with Crippen molar-refractivity contribution in [2.24, 2.45) is 11.1 Å². The molecule has 0 bridgehead atoms. The molecule has 2 rings (SSSR count). The van der Waals surface area contributed by atoms with Gasteiger partial charge in [-0.25, -0.2) is 4.98 Å². The van der Waals surface area contributed by atoms with Crippen LogP contribution < -0.4 is 11.1 Å². The van der Waals surface area contributed by atoms with E-state index in [9.17, 15) is 4.79 Å². The summed E-state index contributed by atoms with van der Waals surface area (Å²) in [6.07, 6.45) is 2.99. The highest BCUT2D eigenvalue weighted by Gasteiger charge is 2.38. The third-order valence-electron chi connectivity index (χ3n) is 3.23. The fraction of sp³-hybridized carbons (Fsp3) is 0.500. The summed E-state index contributed by atoms with van der Waals surface area (Å²) in [4.78, 5) is 16.3. The van der Waals surface area contributed by atoms with Crippen molar-refractivity contribution in [1.82, 2.24) is 4.98 Å². The van der Waals surface area contributed by atoms with Crippen LogP contribution >= 0.6 is 0 Å². The molecule has 17 heavy (non-hydrogen) atoms. The lowest BCUT2D eigenvalue weighted by molar-refractivity contribution is -0.130. The van der Waals surface area contributed by atoms with Gasteiger partial charge in [-0.05, 0) is 25.0 Å². The van der Waals surface area contributed by atoms with E-state index in [1.807, 2.05) is 12.1 Å². The highest BCUT2D eigenvalue weighted by atomic mass is 16.5. The van der Waals surface area contributed by atoms with E-state index in [2.05, 4.69) is 10.3 Å². The molecule has 3 N–H and O–H groups in total. The number of carbonyl (C=O) groups is 1. The standard InChI is InChI=1S/C12H17N3O2/c13-9-12(4-7-17-8-5-12)11(16)15-10-3-1-2-6-14-10/h1-3,6H,4-5,7-9,13H2,(H,14,15,16). The van der Waals surface area contributed by atoms with Crippen molar-refractivity contribution in [2.45, 2.75) is 12.8 Å². The molecule has 0 spiro atoms. The second-order valence-electron chi connectivity index (χ2n) is 4.27. The molecule has 2 heterocycles. The van der Waals surface area contributed by atoms with Gasteiger partial charge < -0.3 is 15.8 Å². The molecule has 0 atom stereocenters. The zero-order chi connectivity index (χ0) is 12.1. The molecule has 1 aromatic heterocycles. The third kappa shape index (κ3) is 2.62. The van der Waals surface area contributed by atoms with Gasteiger partial charge in [-0.15, -0.1) is 0 Å². The smallest absolute Gasteiger partial charge is 0.233 e. The maximum absolute atomic E-state index is 12.2. The van der Waals surface area contributed by atoms with E-state index in [1.165, 1.54) is 0 Å². The van der Waals surface area contributed by atoms with Crippen LogP contribution in [0.25, 0.3) is 0 Å². The highest BCUT2D eigenvalue weighted by Crippen LogP contribution is 2.30. The molecule has 5 nitrogen and oxygen atoms in total. The molecule has 0 aliphatic carbocycles. The van der Waals surface area contributed by atoms with Crippen LogP contribution in [0.3, 0.4) is 0 Å². The number of anilines is 1. The zero-order valence-electron chi connectivity index (χ0n) is 9.69. The van der Waals surface area contributed by atoms with Gasteiger partial charge in [0.25, 0.3) is 0 Å². The second-order valence-corrected chi connectivity index (χ2v) is 4.27. The number of pyridine rings is 1. The van der Waals surface area contributed by atoms with Crippen LogP contribution in [0.2, 0.25) is 0 Å². The topological polar surface area (TPSA) is 77.2 Å². The van der Waals surface area contributed by atoms with Crippen LogP contribution in [-0.2, 0) is 9.53 Å². The molecule has 1 aliphatic heterocycles. The monoisotopic (exact) mass is 235 g/mol. The number of ether oxygens (including phenoxy) is 1. The minimum Gasteiger partial charge on any atom is -0.381 e. The number of aromatic nitrogens is 1. The number of carbonyl (C=O) groups excluding carboxylic acids is 1. The van der Waals surface area contributed by atoms with E-state index < -0.39 is 5.41 Å². The average Bonchev–Trinajstić information content (AvgIpc) is 2.40. The van der Waals surface area contributed by atoms with Gasteiger partial charge in [-0.2, -0.15) is 0 Å². The molecule has 92 valence electrons. The molecular formula is C12H17N3O2. The van der Waals surface area contributed by atoms with Gasteiger partial charge >= 0.3 is 0 Å². The maximum Gasteiger partial charge on any atom is 0.233 e. The summed E-state index contributed by atoms with van der Waals surface area (Å²) in [6, 6.07) is 5.41. The number of hydrogen-bond donors (Lipinski definition) is 2. The van der Waals surface area contributed by atoms with Gasteiger partial charge in [0, 0.05) is 26.0 Å². The predicted octanol–water partition coefficient (Wildman–Crippen LogP) is 0.776. The lowest BCUT2D eigenvalue weighted by Gasteiger charge is -2.34. The molecule has 0 unspecified atom stereocenters. The van der Waals surface area contributed by atoms with Crippen LogP contribution in [-0.4, -0.2) is 30.6 Å².